The predicted octanol–water partition coefficient (Wildman–Crippen LogP) is 1.66. The molecule has 72 valence electrons. The normalized spacial score (nSPS) is 10.8. The van der Waals surface area contributed by atoms with Crippen molar-refractivity contribution < 1.29 is 13.6 Å². The Labute approximate surface area is 74.4 Å². The first-order valence-electron chi connectivity index (χ1n) is 3.91. The molecule has 0 spiro atoms. The summed E-state index contributed by atoms with van der Waals surface area (Å²) in [5.41, 5.74) is 1.09. The number of hydrogen-bond acceptors (Lipinski definition) is 2. The van der Waals surface area contributed by atoms with Gasteiger partial charge in [0, 0.05) is 18.7 Å². The van der Waals surface area contributed by atoms with E-state index in [9.17, 15) is 13.6 Å². The lowest BCUT2D eigenvalue weighted by atomic mass is 10.3. The fourth-order valence-corrected chi connectivity index (χ4v) is 1.02. The molecule has 5 heteroatoms. The maximum absolute atomic E-state index is 11.8. The summed E-state index contributed by atoms with van der Waals surface area (Å²) in [6.45, 7) is 1.83. The smallest absolute Gasteiger partial charge is 0.240 e. The van der Waals surface area contributed by atoms with Gasteiger partial charge in [-0.1, -0.05) is 0 Å². The molecule has 0 fully saturated rings. The third kappa shape index (κ3) is 2.34. The van der Waals surface area contributed by atoms with Crippen LogP contribution in [0.3, 0.4) is 0 Å². The number of aldehydes is 1. The van der Waals surface area contributed by atoms with Crippen molar-refractivity contribution in [2.24, 2.45) is 0 Å². The molecule has 0 aliphatic heterocycles. The number of halogens is 2. The Morgan fingerprint density at radius 2 is 2.38 bits per heavy atom. The molecule has 3 nitrogen and oxygen atoms in total. The van der Waals surface area contributed by atoms with E-state index in [2.05, 4.69) is 5.10 Å². The standard InChI is InChI=1S/C8H10F2N2O/c1-6-7(5-13)4-11-12(6)3-2-8(9)10/h4-5,8H,2-3H2,1H3. The van der Waals surface area contributed by atoms with Crippen molar-refractivity contribution >= 4 is 6.29 Å². The van der Waals surface area contributed by atoms with E-state index in [1.807, 2.05) is 0 Å². The summed E-state index contributed by atoms with van der Waals surface area (Å²) in [6, 6.07) is 0. The number of aromatic nitrogens is 2. The number of alkyl halides is 2. The molecule has 1 heterocycles. The van der Waals surface area contributed by atoms with Gasteiger partial charge in [0.15, 0.2) is 6.29 Å². The predicted molar refractivity (Wildman–Crippen MR) is 43.0 cm³/mol. The van der Waals surface area contributed by atoms with Gasteiger partial charge in [-0.05, 0) is 6.92 Å². The third-order valence-electron chi connectivity index (χ3n) is 1.83. The molecule has 1 rings (SSSR count). The van der Waals surface area contributed by atoms with Crippen LogP contribution in [0.1, 0.15) is 22.5 Å². The van der Waals surface area contributed by atoms with Crippen molar-refractivity contribution in [1.29, 1.82) is 0 Å². The van der Waals surface area contributed by atoms with Gasteiger partial charge in [0.1, 0.15) is 0 Å². The van der Waals surface area contributed by atoms with E-state index >= 15 is 0 Å². The second-order valence-electron chi connectivity index (χ2n) is 2.71. The van der Waals surface area contributed by atoms with Crippen LogP contribution in [0.15, 0.2) is 6.20 Å². The quantitative estimate of drug-likeness (QED) is 0.673. The van der Waals surface area contributed by atoms with E-state index in [0.717, 1.165) is 0 Å². The Bertz CT molecular complexity index is 296. The lowest BCUT2D eigenvalue weighted by molar-refractivity contribution is 0.112. The van der Waals surface area contributed by atoms with Crippen molar-refractivity contribution in [3.8, 4) is 0 Å². The Morgan fingerprint density at radius 3 is 2.85 bits per heavy atom. The first-order valence-corrected chi connectivity index (χ1v) is 3.91. The number of carbonyl (C=O) groups is 1. The largest absolute Gasteiger partial charge is 0.298 e. The van der Waals surface area contributed by atoms with Crippen LogP contribution in [-0.2, 0) is 6.54 Å². The molecule has 0 N–H and O–H groups in total. The molecule has 13 heavy (non-hydrogen) atoms. The zero-order valence-corrected chi connectivity index (χ0v) is 7.20. The van der Waals surface area contributed by atoms with Crippen molar-refractivity contribution in [2.75, 3.05) is 0 Å². The van der Waals surface area contributed by atoms with Gasteiger partial charge < -0.3 is 0 Å². The molecule has 0 aliphatic carbocycles. The Balaban J connectivity index is 2.67. The fourth-order valence-electron chi connectivity index (χ4n) is 1.02. The van der Waals surface area contributed by atoms with E-state index in [1.165, 1.54) is 10.9 Å². The molecule has 1 aromatic rings. The fraction of sp³-hybridized carbons (Fsp3) is 0.500. The van der Waals surface area contributed by atoms with Crippen molar-refractivity contribution in [3.05, 3.63) is 17.5 Å². The molecule has 0 saturated carbocycles. The van der Waals surface area contributed by atoms with Crippen LogP contribution in [0.4, 0.5) is 8.78 Å². The van der Waals surface area contributed by atoms with Crippen molar-refractivity contribution in [3.63, 3.8) is 0 Å². The van der Waals surface area contributed by atoms with Gasteiger partial charge in [-0.15, -0.1) is 0 Å². The van der Waals surface area contributed by atoms with E-state index in [0.29, 0.717) is 17.5 Å². The molecule has 0 aromatic carbocycles. The number of carbonyl (C=O) groups excluding carboxylic acids is 1. The first-order chi connectivity index (χ1) is 6.15. The van der Waals surface area contributed by atoms with Gasteiger partial charge in [-0.2, -0.15) is 5.10 Å². The van der Waals surface area contributed by atoms with E-state index in [1.54, 1.807) is 6.92 Å². The Morgan fingerprint density at radius 1 is 1.69 bits per heavy atom. The van der Waals surface area contributed by atoms with Gasteiger partial charge in [-0.25, -0.2) is 8.78 Å². The first kappa shape index (κ1) is 9.83. The van der Waals surface area contributed by atoms with Crippen molar-refractivity contribution in [1.82, 2.24) is 9.78 Å². The van der Waals surface area contributed by atoms with Crippen LogP contribution in [0.25, 0.3) is 0 Å². The molecule has 0 aliphatic rings. The summed E-state index contributed by atoms with van der Waals surface area (Å²) >= 11 is 0. The summed E-state index contributed by atoms with van der Waals surface area (Å²) in [7, 11) is 0. The van der Waals surface area contributed by atoms with E-state index < -0.39 is 6.43 Å². The molecule has 1 aromatic heterocycles. The highest BCUT2D eigenvalue weighted by Gasteiger charge is 2.07. The molecule has 0 atom stereocenters. The minimum atomic E-state index is -2.33. The summed E-state index contributed by atoms with van der Waals surface area (Å²) in [6.07, 6.45) is -0.515. The van der Waals surface area contributed by atoms with Crippen LogP contribution in [0, 0.1) is 6.92 Å². The average molecular weight is 188 g/mol. The number of aryl methyl sites for hydroxylation is 1. The molecule has 0 radical (unpaired) electrons. The molecular formula is C8H10F2N2O. The molecule has 0 amide bonds. The van der Waals surface area contributed by atoms with Crippen LogP contribution < -0.4 is 0 Å². The Kier molecular flexibility index (Phi) is 3.11. The SMILES string of the molecule is Cc1c(C=O)cnn1CCC(F)F. The lowest BCUT2D eigenvalue weighted by Gasteiger charge is -2.02. The van der Waals surface area contributed by atoms with Gasteiger partial charge in [0.25, 0.3) is 0 Å². The molecule has 0 unspecified atom stereocenters. The maximum atomic E-state index is 11.8. The lowest BCUT2D eigenvalue weighted by Crippen LogP contribution is -2.06. The monoisotopic (exact) mass is 188 g/mol. The second-order valence-corrected chi connectivity index (χ2v) is 2.71. The zero-order chi connectivity index (χ0) is 9.84. The zero-order valence-electron chi connectivity index (χ0n) is 7.20. The maximum Gasteiger partial charge on any atom is 0.240 e. The van der Waals surface area contributed by atoms with Crippen LogP contribution in [0.5, 0.6) is 0 Å². The second kappa shape index (κ2) is 4.11. The van der Waals surface area contributed by atoms with Gasteiger partial charge in [0.2, 0.25) is 6.43 Å². The summed E-state index contributed by atoms with van der Waals surface area (Å²) in [5.74, 6) is 0. The highest BCUT2D eigenvalue weighted by Crippen LogP contribution is 2.07. The van der Waals surface area contributed by atoms with Gasteiger partial charge >= 0.3 is 0 Å². The minimum Gasteiger partial charge on any atom is -0.298 e. The summed E-state index contributed by atoms with van der Waals surface area (Å²) in [4.78, 5) is 10.4. The van der Waals surface area contributed by atoms with E-state index in [4.69, 9.17) is 0 Å². The number of hydrogen-bond donors (Lipinski definition) is 0. The molecular weight excluding hydrogens is 178 g/mol. The highest BCUT2D eigenvalue weighted by molar-refractivity contribution is 5.75. The van der Waals surface area contributed by atoms with Gasteiger partial charge in [-0.3, -0.25) is 9.48 Å². The summed E-state index contributed by atoms with van der Waals surface area (Å²) in [5, 5.41) is 3.81. The highest BCUT2D eigenvalue weighted by atomic mass is 19.3. The molecule has 0 bridgehead atoms. The molecule has 0 saturated heterocycles. The van der Waals surface area contributed by atoms with Crippen LogP contribution >= 0.6 is 0 Å². The van der Waals surface area contributed by atoms with Crippen LogP contribution in [0.2, 0.25) is 0 Å². The average Bonchev–Trinajstić information content (AvgIpc) is 2.43. The topological polar surface area (TPSA) is 34.9 Å². The van der Waals surface area contributed by atoms with E-state index in [-0.39, 0.29) is 13.0 Å². The minimum absolute atomic E-state index is 0.150. The third-order valence-corrected chi connectivity index (χ3v) is 1.83. The van der Waals surface area contributed by atoms with Crippen LogP contribution in [-0.4, -0.2) is 22.5 Å². The number of nitrogens with zero attached hydrogens (tertiary/aromatic N) is 2. The van der Waals surface area contributed by atoms with Gasteiger partial charge in [0.05, 0.1) is 11.8 Å². The van der Waals surface area contributed by atoms with Crippen molar-refractivity contribution in [2.45, 2.75) is 26.3 Å². The summed E-state index contributed by atoms with van der Waals surface area (Å²) < 4.78 is 25.1. The number of rotatable bonds is 4. The Hall–Kier alpha value is -1.26.